The van der Waals surface area contributed by atoms with E-state index < -0.39 is 0 Å². The number of anilines is 1. The van der Waals surface area contributed by atoms with Gasteiger partial charge in [-0.15, -0.1) is 0 Å². The molecular weight excluding hydrogens is 254 g/mol. The monoisotopic (exact) mass is 273 g/mol. The third-order valence-electron chi connectivity index (χ3n) is 3.05. The van der Waals surface area contributed by atoms with Gasteiger partial charge in [0, 0.05) is 23.9 Å². The highest BCUT2D eigenvalue weighted by molar-refractivity contribution is 5.54. The molecule has 0 saturated carbocycles. The maximum Gasteiger partial charge on any atom is 0.124 e. The van der Waals surface area contributed by atoms with Crippen molar-refractivity contribution in [1.82, 2.24) is 0 Å². The summed E-state index contributed by atoms with van der Waals surface area (Å²) in [7, 11) is 0. The molecule has 0 bridgehead atoms. The van der Waals surface area contributed by atoms with E-state index in [9.17, 15) is 10.2 Å². The van der Waals surface area contributed by atoms with Crippen LogP contribution in [-0.2, 0) is 6.54 Å². The Labute approximate surface area is 118 Å². The van der Waals surface area contributed by atoms with E-state index in [2.05, 4.69) is 5.32 Å². The first kappa shape index (κ1) is 14.1. The van der Waals surface area contributed by atoms with Crippen molar-refractivity contribution in [1.29, 1.82) is 0 Å². The summed E-state index contributed by atoms with van der Waals surface area (Å²) in [5.74, 6) is 0.993. The van der Waals surface area contributed by atoms with Crippen LogP contribution in [0.2, 0.25) is 0 Å². The van der Waals surface area contributed by atoms with Crippen molar-refractivity contribution < 1.29 is 14.9 Å². The summed E-state index contributed by atoms with van der Waals surface area (Å²) in [4.78, 5) is 0. The maximum atomic E-state index is 9.73. The Balaban J connectivity index is 2.07. The Hall–Kier alpha value is -2.36. The molecular formula is C16H19NO3. The average molecular weight is 273 g/mol. The number of rotatable bonds is 5. The summed E-state index contributed by atoms with van der Waals surface area (Å²) in [5, 5.41) is 22.2. The second-order valence-electron chi connectivity index (χ2n) is 4.58. The molecule has 4 heteroatoms. The number of hydrogen-bond acceptors (Lipinski definition) is 4. The van der Waals surface area contributed by atoms with Crippen LogP contribution in [0.15, 0.2) is 36.4 Å². The van der Waals surface area contributed by atoms with Crippen LogP contribution in [0.3, 0.4) is 0 Å². The minimum Gasteiger partial charge on any atom is -0.508 e. The quantitative estimate of drug-likeness (QED) is 0.781. The van der Waals surface area contributed by atoms with Gasteiger partial charge in [-0.25, -0.2) is 0 Å². The van der Waals surface area contributed by atoms with E-state index in [-0.39, 0.29) is 11.5 Å². The van der Waals surface area contributed by atoms with E-state index in [4.69, 9.17) is 4.74 Å². The average Bonchev–Trinajstić information content (AvgIpc) is 2.40. The fourth-order valence-electron chi connectivity index (χ4n) is 1.98. The largest absolute Gasteiger partial charge is 0.508 e. The molecule has 0 fully saturated rings. The van der Waals surface area contributed by atoms with Crippen molar-refractivity contribution in [3.8, 4) is 17.2 Å². The highest BCUT2D eigenvalue weighted by atomic mass is 16.5. The molecule has 0 aliphatic heterocycles. The van der Waals surface area contributed by atoms with Crippen LogP contribution in [0.5, 0.6) is 17.2 Å². The molecule has 0 aliphatic carbocycles. The number of ether oxygens (including phenoxy) is 1. The van der Waals surface area contributed by atoms with Gasteiger partial charge in [-0.05, 0) is 49.7 Å². The SMILES string of the molecule is CCOc1ccc(NCc2ccc(O)cc2O)c(C)c1. The van der Waals surface area contributed by atoms with Gasteiger partial charge in [-0.3, -0.25) is 0 Å². The Morgan fingerprint density at radius 1 is 1.10 bits per heavy atom. The number of benzene rings is 2. The molecule has 0 radical (unpaired) electrons. The van der Waals surface area contributed by atoms with Crippen LogP contribution in [0, 0.1) is 6.92 Å². The summed E-state index contributed by atoms with van der Waals surface area (Å²) < 4.78 is 5.44. The lowest BCUT2D eigenvalue weighted by molar-refractivity contribution is 0.340. The van der Waals surface area contributed by atoms with Crippen LogP contribution >= 0.6 is 0 Å². The Morgan fingerprint density at radius 2 is 1.90 bits per heavy atom. The summed E-state index contributed by atoms with van der Waals surface area (Å²) >= 11 is 0. The summed E-state index contributed by atoms with van der Waals surface area (Å²) in [6, 6.07) is 10.4. The zero-order valence-electron chi connectivity index (χ0n) is 11.7. The van der Waals surface area contributed by atoms with Crippen LogP contribution in [0.1, 0.15) is 18.1 Å². The first-order valence-electron chi connectivity index (χ1n) is 6.58. The van der Waals surface area contributed by atoms with Crippen LogP contribution in [-0.4, -0.2) is 16.8 Å². The van der Waals surface area contributed by atoms with Gasteiger partial charge < -0.3 is 20.3 Å². The van der Waals surface area contributed by atoms with Gasteiger partial charge in [0.15, 0.2) is 0 Å². The Morgan fingerprint density at radius 3 is 2.55 bits per heavy atom. The molecule has 0 saturated heterocycles. The lowest BCUT2D eigenvalue weighted by Gasteiger charge is -2.12. The predicted octanol–water partition coefficient (Wildman–Crippen LogP) is 3.42. The van der Waals surface area contributed by atoms with Crippen LogP contribution in [0.25, 0.3) is 0 Å². The van der Waals surface area contributed by atoms with E-state index >= 15 is 0 Å². The fourth-order valence-corrected chi connectivity index (χ4v) is 1.98. The molecule has 2 aromatic carbocycles. The molecule has 0 aliphatic rings. The molecule has 0 aromatic heterocycles. The molecule has 20 heavy (non-hydrogen) atoms. The summed E-state index contributed by atoms with van der Waals surface area (Å²) in [6.07, 6.45) is 0. The van der Waals surface area contributed by atoms with Crippen molar-refractivity contribution >= 4 is 5.69 Å². The van der Waals surface area contributed by atoms with E-state index in [1.807, 2.05) is 32.0 Å². The van der Waals surface area contributed by atoms with Gasteiger partial charge in [-0.1, -0.05) is 0 Å². The van der Waals surface area contributed by atoms with Crippen LogP contribution < -0.4 is 10.1 Å². The minimum atomic E-state index is 0.0588. The van der Waals surface area contributed by atoms with Crippen molar-refractivity contribution in [3.63, 3.8) is 0 Å². The van der Waals surface area contributed by atoms with Gasteiger partial charge in [0.1, 0.15) is 17.2 Å². The second kappa shape index (κ2) is 6.19. The van der Waals surface area contributed by atoms with Gasteiger partial charge in [0.05, 0.1) is 6.61 Å². The Bertz CT molecular complexity index is 596. The number of phenolic OH excluding ortho intramolecular Hbond substituents is 2. The summed E-state index contributed by atoms with van der Waals surface area (Å²) in [6.45, 7) is 5.09. The predicted molar refractivity (Wildman–Crippen MR) is 79.4 cm³/mol. The van der Waals surface area contributed by atoms with E-state index in [0.717, 1.165) is 22.6 Å². The maximum absolute atomic E-state index is 9.73. The topological polar surface area (TPSA) is 61.7 Å². The van der Waals surface area contributed by atoms with Crippen molar-refractivity contribution in [2.45, 2.75) is 20.4 Å². The molecule has 2 rings (SSSR count). The lowest BCUT2D eigenvalue weighted by atomic mass is 10.1. The van der Waals surface area contributed by atoms with E-state index in [1.165, 1.54) is 6.07 Å². The highest BCUT2D eigenvalue weighted by Gasteiger charge is 2.04. The molecule has 4 nitrogen and oxygen atoms in total. The zero-order valence-corrected chi connectivity index (χ0v) is 11.7. The summed E-state index contributed by atoms with van der Waals surface area (Å²) in [5.41, 5.74) is 2.80. The molecule has 106 valence electrons. The lowest BCUT2D eigenvalue weighted by Crippen LogP contribution is -2.02. The van der Waals surface area contributed by atoms with Gasteiger partial charge in [0.25, 0.3) is 0 Å². The Kier molecular flexibility index (Phi) is 4.35. The smallest absolute Gasteiger partial charge is 0.124 e. The minimum absolute atomic E-state index is 0.0588. The molecule has 0 unspecified atom stereocenters. The van der Waals surface area contributed by atoms with Gasteiger partial charge >= 0.3 is 0 Å². The van der Waals surface area contributed by atoms with E-state index in [1.54, 1.807) is 12.1 Å². The third kappa shape index (κ3) is 3.35. The molecule has 2 aromatic rings. The number of aromatic hydroxyl groups is 2. The molecule has 0 spiro atoms. The number of phenols is 2. The number of nitrogens with one attached hydrogen (secondary N) is 1. The second-order valence-corrected chi connectivity index (χ2v) is 4.58. The number of hydrogen-bond donors (Lipinski definition) is 3. The molecule has 0 atom stereocenters. The molecule has 0 heterocycles. The standard InChI is InChI=1S/C16H19NO3/c1-3-20-14-6-7-15(11(2)8-14)17-10-12-4-5-13(18)9-16(12)19/h4-9,17-19H,3,10H2,1-2H3. The van der Waals surface area contributed by atoms with Crippen LogP contribution in [0.4, 0.5) is 5.69 Å². The first-order valence-corrected chi connectivity index (χ1v) is 6.58. The van der Waals surface area contributed by atoms with Crippen molar-refractivity contribution in [2.75, 3.05) is 11.9 Å². The highest BCUT2D eigenvalue weighted by Crippen LogP contribution is 2.25. The zero-order chi connectivity index (χ0) is 14.5. The molecule has 3 N–H and O–H groups in total. The third-order valence-corrected chi connectivity index (χ3v) is 3.05. The number of aryl methyl sites for hydroxylation is 1. The van der Waals surface area contributed by atoms with E-state index in [0.29, 0.717) is 13.2 Å². The van der Waals surface area contributed by atoms with Gasteiger partial charge in [-0.2, -0.15) is 0 Å². The first-order chi connectivity index (χ1) is 9.60. The normalized spacial score (nSPS) is 10.3. The van der Waals surface area contributed by atoms with Gasteiger partial charge in [0.2, 0.25) is 0 Å². The van der Waals surface area contributed by atoms with Crippen molar-refractivity contribution in [3.05, 3.63) is 47.5 Å². The van der Waals surface area contributed by atoms with Crippen molar-refractivity contribution in [2.24, 2.45) is 0 Å². The molecule has 0 amide bonds. The fraction of sp³-hybridized carbons (Fsp3) is 0.250.